The van der Waals surface area contributed by atoms with Crippen LogP contribution in [0.5, 0.6) is 0 Å². The third-order valence-electron chi connectivity index (χ3n) is 4.11. The summed E-state index contributed by atoms with van der Waals surface area (Å²) in [4.78, 5) is 27.8. The lowest BCUT2D eigenvalue weighted by atomic mass is 10.2. The Morgan fingerprint density at radius 2 is 1.57 bits per heavy atom. The van der Waals surface area contributed by atoms with E-state index < -0.39 is 0 Å². The van der Waals surface area contributed by atoms with Crippen molar-refractivity contribution in [3.8, 4) is 0 Å². The van der Waals surface area contributed by atoms with Gasteiger partial charge in [0.25, 0.3) is 0 Å². The molecule has 1 aromatic rings. The molecule has 1 aliphatic carbocycles. The molecule has 3 amide bonds. The Morgan fingerprint density at radius 3 is 2.14 bits per heavy atom. The first-order valence-corrected chi connectivity index (χ1v) is 7.55. The van der Waals surface area contributed by atoms with Gasteiger partial charge in [0, 0.05) is 37.8 Å². The molecule has 2 fully saturated rings. The van der Waals surface area contributed by atoms with Crippen molar-refractivity contribution in [1.82, 2.24) is 9.80 Å². The molecule has 1 saturated carbocycles. The molecule has 0 spiro atoms. The number of carbonyl (C=O) groups is 2. The zero-order valence-electron chi connectivity index (χ0n) is 12.3. The van der Waals surface area contributed by atoms with Gasteiger partial charge in [-0.05, 0) is 31.9 Å². The fraction of sp³-hybridized carbons (Fsp3) is 0.500. The first-order valence-electron chi connectivity index (χ1n) is 7.55. The van der Waals surface area contributed by atoms with E-state index in [1.807, 2.05) is 36.1 Å². The van der Waals surface area contributed by atoms with Crippen LogP contribution in [0.15, 0.2) is 24.3 Å². The van der Waals surface area contributed by atoms with Crippen molar-refractivity contribution >= 4 is 17.6 Å². The Labute approximate surface area is 124 Å². The molecule has 112 valence electrons. The molecule has 1 heterocycles. The van der Waals surface area contributed by atoms with Crippen molar-refractivity contribution in [3.05, 3.63) is 29.8 Å². The third-order valence-corrected chi connectivity index (χ3v) is 4.11. The number of nitrogens with zero attached hydrogens (tertiary/aromatic N) is 2. The SMILES string of the molecule is Cc1ccc(NC(=O)N2CCN(C(=O)C3CC3)CC2)cc1. The molecule has 0 aromatic heterocycles. The van der Waals surface area contributed by atoms with E-state index in [4.69, 9.17) is 0 Å². The number of carbonyl (C=O) groups excluding carboxylic acids is 2. The van der Waals surface area contributed by atoms with Gasteiger partial charge in [-0.2, -0.15) is 0 Å². The summed E-state index contributed by atoms with van der Waals surface area (Å²) in [5.41, 5.74) is 1.97. The molecule has 1 aliphatic heterocycles. The molecular weight excluding hydrogens is 266 g/mol. The van der Waals surface area contributed by atoms with Crippen LogP contribution in [0.3, 0.4) is 0 Å². The van der Waals surface area contributed by atoms with Crippen molar-refractivity contribution in [2.75, 3.05) is 31.5 Å². The van der Waals surface area contributed by atoms with Gasteiger partial charge in [-0.15, -0.1) is 0 Å². The largest absolute Gasteiger partial charge is 0.339 e. The molecular formula is C16H21N3O2. The van der Waals surface area contributed by atoms with Crippen LogP contribution < -0.4 is 5.32 Å². The lowest BCUT2D eigenvalue weighted by molar-refractivity contribution is -0.133. The highest BCUT2D eigenvalue weighted by Crippen LogP contribution is 2.31. The lowest BCUT2D eigenvalue weighted by Gasteiger charge is -2.34. The summed E-state index contributed by atoms with van der Waals surface area (Å²) in [6.07, 6.45) is 2.07. The van der Waals surface area contributed by atoms with Crippen LogP contribution in [0.2, 0.25) is 0 Å². The second-order valence-electron chi connectivity index (χ2n) is 5.88. The van der Waals surface area contributed by atoms with Crippen LogP contribution in [0.1, 0.15) is 18.4 Å². The molecule has 5 nitrogen and oxygen atoms in total. The zero-order valence-corrected chi connectivity index (χ0v) is 12.3. The zero-order chi connectivity index (χ0) is 14.8. The van der Waals surface area contributed by atoms with Crippen LogP contribution in [0.4, 0.5) is 10.5 Å². The fourth-order valence-electron chi connectivity index (χ4n) is 2.56. The number of rotatable bonds is 2. The highest BCUT2D eigenvalue weighted by atomic mass is 16.2. The van der Waals surface area contributed by atoms with Gasteiger partial charge in [0.15, 0.2) is 0 Å². The summed E-state index contributed by atoms with van der Waals surface area (Å²) >= 11 is 0. The summed E-state index contributed by atoms with van der Waals surface area (Å²) < 4.78 is 0. The van der Waals surface area contributed by atoms with Gasteiger partial charge in [0.1, 0.15) is 0 Å². The standard InChI is InChI=1S/C16H21N3O2/c1-12-2-6-14(7-3-12)17-16(21)19-10-8-18(9-11-19)15(20)13-4-5-13/h2-3,6-7,13H,4-5,8-11H2,1H3,(H,17,21). The number of benzene rings is 1. The minimum Gasteiger partial charge on any atom is -0.339 e. The van der Waals surface area contributed by atoms with Gasteiger partial charge in [-0.3, -0.25) is 4.79 Å². The van der Waals surface area contributed by atoms with Crippen molar-refractivity contribution in [2.24, 2.45) is 5.92 Å². The molecule has 1 saturated heterocycles. The Morgan fingerprint density at radius 1 is 1.00 bits per heavy atom. The van der Waals surface area contributed by atoms with Crippen molar-refractivity contribution < 1.29 is 9.59 Å². The van der Waals surface area contributed by atoms with Crippen LogP contribution >= 0.6 is 0 Å². The highest BCUT2D eigenvalue weighted by molar-refractivity contribution is 5.89. The second-order valence-corrected chi connectivity index (χ2v) is 5.88. The minimum atomic E-state index is -0.0858. The molecule has 0 bridgehead atoms. The topological polar surface area (TPSA) is 52.7 Å². The first-order chi connectivity index (χ1) is 10.1. The van der Waals surface area contributed by atoms with E-state index in [0.717, 1.165) is 18.5 Å². The van der Waals surface area contributed by atoms with Gasteiger partial charge in [0.2, 0.25) is 5.91 Å². The number of anilines is 1. The number of aryl methyl sites for hydroxylation is 1. The Balaban J connectivity index is 1.50. The normalized spacial score (nSPS) is 18.5. The summed E-state index contributed by atoms with van der Waals surface area (Å²) in [6.45, 7) is 4.53. The van der Waals surface area contributed by atoms with Gasteiger partial charge >= 0.3 is 6.03 Å². The smallest absolute Gasteiger partial charge is 0.321 e. The van der Waals surface area contributed by atoms with Gasteiger partial charge in [-0.25, -0.2) is 4.79 Å². The van der Waals surface area contributed by atoms with Crippen molar-refractivity contribution in [2.45, 2.75) is 19.8 Å². The maximum absolute atomic E-state index is 12.2. The molecule has 1 N–H and O–H groups in total. The molecule has 0 unspecified atom stereocenters. The van der Waals surface area contributed by atoms with Gasteiger partial charge in [0.05, 0.1) is 0 Å². The quantitative estimate of drug-likeness (QED) is 0.905. The molecule has 0 radical (unpaired) electrons. The first kappa shape index (κ1) is 13.9. The van der Waals surface area contributed by atoms with E-state index in [9.17, 15) is 9.59 Å². The number of amides is 3. The van der Waals surface area contributed by atoms with E-state index in [-0.39, 0.29) is 17.9 Å². The van der Waals surface area contributed by atoms with E-state index in [1.165, 1.54) is 5.56 Å². The maximum atomic E-state index is 12.2. The van der Waals surface area contributed by atoms with E-state index in [1.54, 1.807) is 4.90 Å². The average Bonchev–Trinajstić information content (AvgIpc) is 3.34. The van der Waals surface area contributed by atoms with E-state index >= 15 is 0 Å². The number of piperazine rings is 1. The van der Waals surface area contributed by atoms with Crippen molar-refractivity contribution in [1.29, 1.82) is 0 Å². The highest BCUT2D eigenvalue weighted by Gasteiger charge is 2.35. The van der Waals surface area contributed by atoms with Crippen LogP contribution in [-0.4, -0.2) is 47.9 Å². The second kappa shape index (κ2) is 5.76. The number of hydrogen-bond donors (Lipinski definition) is 1. The maximum Gasteiger partial charge on any atom is 0.321 e. The Hall–Kier alpha value is -2.04. The monoisotopic (exact) mass is 287 g/mol. The van der Waals surface area contributed by atoms with Crippen LogP contribution in [-0.2, 0) is 4.79 Å². The fourth-order valence-corrected chi connectivity index (χ4v) is 2.56. The van der Waals surface area contributed by atoms with Crippen molar-refractivity contribution in [3.63, 3.8) is 0 Å². The van der Waals surface area contributed by atoms with Gasteiger partial charge < -0.3 is 15.1 Å². The van der Waals surface area contributed by atoms with E-state index in [2.05, 4.69) is 5.32 Å². The summed E-state index contributed by atoms with van der Waals surface area (Å²) in [5.74, 6) is 0.534. The predicted octanol–water partition coefficient (Wildman–Crippen LogP) is 2.08. The summed E-state index contributed by atoms with van der Waals surface area (Å²) in [6, 6.07) is 7.67. The predicted molar refractivity (Wildman–Crippen MR) is 81.1 cm³/mol. The molecule has 5 heteroatoms. The molecule has 2 aliphatic rings. The Kier molecular flexibility index (Phi) is 3.82. The number of urea groups is 1. The summed E-state index contributed by atoms with van der Waals surface area (Å²) in [5, 5.41) is 2.90. The molecule has 0 atom stereocenters. The minimum absolute atomic E-state index is 0.0858. The summed E-state index contributed by atoms with van der Waals surface area (Å²) in [7, 11) is 0. The third kappa shape index (κ3) is 3.35. The van der Waals surface area contributed by atoms with Crippen LogP contribution in [0, 0.1) is 12.8 Å². The van der Waals surface area contributed by atoms with Crippen LogP contribution in [0.25, 0.3) is 0 Å². The van der Waals surface area contributed by atoms with E-state index in [0.29, 0.717) is 26.2 Å². The lowest BCUT2D eigenvalue weighted by Crippen LogP contribution is -2.52. The number of hydrogen-bond acceptors (Lipinski definition) is 2. The molecule has 21 heavy (non-hydrogen) atoms. The Bertz CT molecular complexity index is 529. The van der Waals surface area contributed by atoms with Gasteiger partial charge in [-0.1, -0.05) is 17.7 Å². The molecule has 1 aromatic carbocycles. The molecule has 3 rings (SSSR count). The average molecular weight is 287 g/mol. The number of nitrogens with one attached hydrogen (secondary N) is 1.